The number of benzene rings is 3. The van der Waals surface area contributed by atoms with Crippen molar-refractivity contribution in [2.45, 2.75) is 18.4 Å². The van der Waals surface area contributed by atoms with Crippen LogP contribution in [0.5, 0.6) is 0 Å². The van der Waals surface area contributed by atoms with Gasteiger partial charge in [-0.1, -0.05) is 60.7 Å². The van der Waals surface area contributed by atoms with Gasteiger partial charge in [-0.15, -0.1) is 0 Å². The van der Waals surface area contributed by atoms with E-state index in [1.807, 2.05) is 60.7 Å². The van der Waals surface area contributed by atoms with Gasteiger partial charge in [0.25, 0.3) is 0 Å². The lowest BCUT2D eigenvalue weighted by molar-refractivity contribution is 0.574. The number of imidazole rings is 1. The average Bonchev–Trinajstić information content (AvgIpc) is 3.07. The highest BCUT2D eigenvalue weighted by Crippen LogP contribution is 2.24. The van der Waals surface area contributed by atoms with Gasteiger partial charge in [0, 0.05) is 18.7 Å². The largest absolute Gasteiger partial charge is 0.323 e. The van der Waals surface area contributed by atoms with Crippen LogP contribution in [0.25, 0.3) is 22.4 Å². The highest BCUT2D eigenvalue weighted by Gasteiger charge is 2.17. The van der Waals surface area contributed by atoms with Crippen molar-refractivity contribution < 1.29 is 8.42 Å². The molecule has 0 atom stereocenters. The summed E-state index contributed by atoms with van der Waals surface area (Å²) in [4.78, 5) is 5.07. The highest BCUT2D eigenvalue weighted by atomic mass is 32.2. The van der Waals surface area contributed by atoms with Crippen LogP contribution in [0.15, 0.2) is 83.8 Å². The van der Waals surface area contributed by atoms with Gasteiger partial charge in [0.2, 0.25) is 10.0 Å². The lowest BCUT2D eigenvalue weighted by Gasteiger charge is -2.12. The van der Waals surface area contributed by atoms with Crippen molar-refractivity contribution in [1.29, 1.82) is 0 Å². The van der Waals surface area contributed by atoms with E-state index in [9.17, 15) is 8.42 Å². The van der Waals surface area contributed by atoms with Crippen LogP contribution in [-0.4, -0.2) is 24.5 Å². The van der Waals surface area contributed by atoms with Crippen molar-refractivity contribution >= 4 is 21.1 Å². The first-order valence-corrected chi connectivity index (χ1v) is 10.6. The van der Waals surface area contributed by atoms with E-state index in [1.54, 1.807) is 25.1 Å². The molecule has 0 aliphatic rings. The molecule has 4 aromatic rings. The van der Waals surface area contributed by atoms with Crippen molar-refractivity contribution in [3.05, 3.63) is 84.4 Å². The van der Waals surface area contributed by atoms with E-state index < -0.39 is 10.0 Å². The zero-order valence-electron chi connectivity index (χ0n) is 15.5. The third-order valence-corrected chi connectivity index (χ3v) is 6.32. The summed E-state index contributed by atoms with van der Waals surface area (Å²) in [6.45, 7) is 2.55. The van der Waals surface area contributed by atoms with Crippen LogP contribution in [0.2, 0.25) is 0 Å². The molecule has 142 valence electrons. The first-order chi connectivity index (χ1) is 13.6. The monoisotopic (exact) mass is 391 g/mol. The smallest absolute Gasteiger partial charge is 0.240 e. The average molecular weight is 391 g/mol. The SMILES string of the molecule is Cc1ccccc1S(=O)(=O)NCCn1c(-c2ccccc2)nc2ccccc21. The second-order valence-corrected chi connectivity index (χ2v) is 8.34. The Labute approximate surface area is 164 Å². The van der Waals surface area contributed by atoms with Crippen molar-refractivity contribution in [2.75, 3.05) is 6.54 Å². The van der Waals surface area contributed by atoms with Crippen molar-refractivity contribution in [1.82, 2.24) is 14.3 Å². The molecule has 3 aromatic carbocycles. The molecule has 0 aliphatic heterocycles. The quantitative estimate of drug-likeness (QED) is 0.540. The zero-order chi connectivity index (χ0) is 19.6. The molecule has 0 saturated carbocycles. The summed E-state index contributed by atoms with van der Waals surface area (Å²) in [7, 11) is -3.56. The lowest BCUT2D eigenvalue weighted by Crippen LogP contribution is -2.28. The number of hydrogen-bond acceptors (Lipinski definition) is 3. The van der Waals surface area contributed by atoms with Crippen LogP contribution in [-0.2, 0) is 16.6 Å². The molecular weight excluding hydrogens is 370 g/mol. The summed E-state index contributed by atoms with van der Waals surface area (Å²) in [6, 6.07) is 24.8. The standard InChI is InChI=1S/C22H21N3O2S/c1-17-9-5-8-14-21(17)28(26,27)23-15-16-25-20-13-7-6-12-19(20)24-22(25)18-10-3-2-4-11-18/h2-14,23H,15-16H2,1H3. The maximum Gasteiger partial charge on any atom is 0.240 e. The van der Waals surface area contributed by atoms with E-state index in [1.165, 1.54) is 0 Å². The third-order valence-electron chi connectivity index (χ3n) is 4.70. The Hall–Kier alpha value is -2.96. The fourth-order valence-corrected chi connectivity index (χ4v) is 4.60. The summed E-state index contributed by atoms with van der Waals surface area (Å²) in [5.41, 5.74) is 3.60. The van der Waals surface area contributed by atoms with Crippen LogP contribution in [0.1, 0.15) is 5.56 Å². The Kier molecular flexibility index (Phi) is 4.98. The Morgan fingerprint density at radius 1 is 0.893 bits per heavy atom. The predicted molar refractivity (Wildman–Crippen MR) is 112 cm³/mol. The first kappa shape index (κ1) is 18.4. The van der Waals surface area contributed by atoms with Gasteiger partial charge in [-0.25, -0.2) is 18.1 Å². The normalized spacial score (nSPS) is 11.8. The van der Waals surface area contributed by atoms with Crippen LogP contribution < -0.4 is 4.72 Å². The fraction of sp³-hybridized carbons (Fsp3) is 0.136. The Bertz CT molecular complexity index is 1220. The zero-order valence-corrected chi connectivity index (χ0v) is 16.4. The maximum atomic E-state index is 12.7. The van der Waals surface area contributed by atoms with E-state index in [2.05, 4.69) is 9.29 Å². The Morgan fingerprint density at radius 2 is 1.57 bits per heavy atom. The minimum absolute atomic E-state index is 0.275. The molecule has 0 fully saturated rings. The van der Waals surface area contributed by atoms with Crippen LogP contribution in [0.3, 0.4) is 0 Å². The molecular formula is C22H21N3O2S. The van der Waals surface area contributed by atoms with Gasteiger partial charge in [0.05, 0.1) is 15.9 Å². The third kappa shape index (κ3) is 3.56. The van der Waals surface area contributed by atoms with Crippen LogP contribution in [0.4, 0.5) is 0 Å². The predicted octanol–water partition coefficient (Wildman–Crippen LogP) is 3.99. The molecule has 0 aliphatic carbocycles. The molecule has 0 bridgehead atoms. The summed E-state index contributed by atoms with van der Waals surface area (Å²) in [5, 5.41) is 0. The molecule has 0 spiro atoms. The van der Waals surface area contributed by atoms with E-state index in [4.69, 9.17) is 4.98 Å². The topological polar surface area (TPSA) is 64.0 Å². The Morgan fingerprint density at radius 3 is 2.36 bits per heavy atom. The van der Waals surface area contributed by atoms with E-state index >= 15 is 0 Å². The molecule has 0 amide bonds. The number of rotatable bonds is 6. The molecule has 28 heavy (non-hydrogen) atoms. The molecule has 1 aromatic heterocycles. The number of nitrogens with one attached hydrogen (secondary N) is 1. The van der Waals surface area contributed by atoms with E-state index in [-0.39, 0.29) is 6.54 Å². The van der Waals surface area contributed by atoms with E-state index in [0.717, 1.165) is 28.0 Å². The van der Waals surface area contributed by atoms with Crippen LogP contribution in [0, 0.1) is 6.92 Å². The summed E-state index contributed by atoms with van der Waals surface area (Å²) in [6.07, 6.45) is 0. The number of sulfonamides is 1. The molecule has 6 heteroatoms. The minimum atomic E-state index is -3.56. The molecule has 5 nitrogen and oxygen atoms in total. The number of fused-ring (bicyclic) bond motifs is 1. The van der Waals surface area contributed by atoms with Crippen molar-refractivity contribution in [3.63, 3.8) is 0 Å². The molecule has 0 saturated heterocycles. The number of nitrogens with zero attached hydrogens (tertiary/aromatic N) is 2. The van der Waals surface area contributed by atoms with Gasteiger partial charge >= 0.3 is 0 Å². The number of aryl methyl sites for hydroxylation is 1. The number of aromatic nitrogens is 2. The summed E-state index contributed by atoms with van der Waals surface area (Å²) >= 11 is 0. The number of hydrogen-bond donors (Lipinski definition) is 1. The Balaban J connectivity index is 1.63. The first-order valence-electron chi connectivity index (χ1n) is 9.12. The maximum absolute atomic E-state index is 12.7. The number of para-hydroxylation sites is 2. The molecule has 0 radical (unpaired) electrons. The summed E-state index contributed by atoms with van der Waals surface area (Å²) in [5.74, 6) is 0.830. The fourth-order valence-electron chi connectivity index (χ4n) is 3.34. The second-order valence-electron chi connectivity index (χ2n) is 6.61. The second kappa shape index (κ2) is 7.58. The van der Waals surface area contributed by atoms with E-state index in [0.29, 0.717) is 11.4 Å². The van der Waals surface area contributed by atoms with Crippen molar-refractivity contribution in [3.8, 4) is 11.4 Å². The van der Waals surface area contributed by atoms with Gasteiger partial charge in [0.1, 0.15) is 5.82 Å². The summed E-state index contributed by atoms with van der Waals surface area (Å²) < 4.78 is 30.1. The van der Waals surface area contributed by atoms with Gasteiger partial charge in [0.15, 0.2) is 0 Å². The molecule has 1 heterocycles. The lowest BCUT2D eigenvalue weighted by atomic mass is 10.2. The van der Waals surface area contributed by atoms with Crippen molar-refractivity contribution in [2.24, 2.45) is 0 Å². The van der Waals surface area contributed by atoms with Gasteiger partial charge in [-0.3, -0.25) is 0 Å². The minimum Gasteiger partial charge on any atom is -0.323 e. The molecule has 1 N–H and O–H groups in total. The van der Waals surface area contributed by atoms with Gasteiger partial charge in [-0.05, 0) is 30.7 Å². The highest BCUT2D eigenvalue weighted by molar-refractivity contribution is 7.89. The van der Waals surface area contributed by atoms with Gasteiger partial charge < -0.3 is 4.57 Å². The molecule has 4 rings (SSSR count). The van der Waals surface area contributed by atoms with Gasteiger partial charge in [-0.2, -0.15) is 0 Å². The molecule has 0 unspecified atom stereocenters. The van der Waals surface area contributed by atoms with Crippen LogP contribution >= 0.6 is 0 Å².